The first-order valence-corrected chi connectivity index (χ1v) is 5.11. The van der Waals surface area contributed by atoms with Crippen LogP contribution in [0.4, 0.5) is 13.2 Å². The third kappa shape index (κ3) is 3.33. The van der Waals surface area contributed by atoms with Crippen LogP contribution in [-0.4, -0.2) is 17.6 Å². The van der Waals surface area contributed by atoms with Gasteiger partial charge in [0.1, 0.15) is 16.5 Å². The lowest BCUT2D eigenvalue weighted by atomic mass is 10.2. The van der Waals surface area contributed by atoms with Crippen LogP contribution >= 0.6 is 11.6 Å². The lowest BCUT2D eigenvalue weighted by Crippen LogP contribution is -2.10. The first kappa shape index (κ1) is 13.8. The molecule has 0 saturated heterocycles. The second kappa shape index (κ2) is 5.86. The summed E-state index contributed by atoms with van der Waals surface area (Å²) in [4.78, 5) is 14.4. The molecular formula is C10H9ClF3NO2. The Hall–Kier alpha value is -1.30. The minimum absolute atomic E-state index is 0.150. The quantitative estimate of drug-likeness (QED) is 0.788. The predicted molar refractivity (Wildman–Crippen MR) is 54.5 cm³/mol. The summed E-state index contributed by atoms with van der Waals surface area (Å²) in [5.41, 5.74) is -1.00. The van der Waals surface area contributed by atoms with Gasteiger partial charge >= 0.3 is 5.97 Å². The van der Waals surface area contributed by atoms with Gasteiger partial charge in [-0.05, 0) is 6.92 Å². The number of rotatable bonds is 4. The van der Waals surface area contributed by atoms with Gasteiger partial charge in [-0.2, -0.15) is 0 Å². The molecule has 17 heavy (non-hydrogen) atoms. The van der Waals surface area contributed by atoms with Gasteiger partial charge in [-0.25, -0.2) is 13.2 Å². The van der Waals surface area contributed by atoms with Gasteiger partial charge in [-0.3, -0.25) is 9.78 Å². The van der Waals surface area contributed by atoms with Crippen LogP contribution in [0.1, 0.15) is 24.6 Å². The Kier molecular flexibility index (Phi) is 4.74. The number of esters is 1. The van der Waals surface area contributed by atoms with E-state index in [0.717, 1.165) is 6.20 Å². The minimum atomic E-state index is -2.96. The molecule has 1 aromatic rings. The molecule has 0 radical (unpaired) electrons. The van der Waals surface area contributed by atoms with E-state index >= 15 is 0 Å². The van der Waals surface area contributed by atoms with Gasteiger partial charge in [-0.1, -0.05) is 11.6 Å². The number of hydrogen-bond acceptors (Lipinski definition) is 3. The number of aromatic nitrogens is 1. The second-order valence-corrected chi connectivity index (χ2v) is 3.46. The third-order valence-corrected chi connectivity index (χ3v) is 2.27. The molecular weight excluding hydrogens is 259 g/mol. The number of halogens is 4. The van der Waals surface area contributed by atoms with Gasteiger partial charge < -0.3 is 4.74 Å². The lowest BCUT2D eigenvalue weighted by Gasteiger charge is -2.07. The third-order valence-electron chi connectivity index (χ3n) is 1.91. The van der Waals surface area contributed by atoms with Crippen molar-refractivity contribution in [2.24, 2.45) is 0 Å². The molecule has 0 amide bonds. The molecule has 94 valence electrons. The molecule has 0 bridgehead atoms. The second-order valence-electron chi connectivity index (χ2n) is 3.08. The molecule has 0 spiro atoms. The number of pyridine rings is 1. The molecule has 0 aliphatic carbocycles. The fourth-order valence-corrected chi connectivity index (χ4v) is 1.41. The van der Waals surface area contributed by atoms with Gasteiger partial charge in [0, 0.05) is 11.8 Å². The number of carbonyl (C=O) groups excluding carboxylic acids is 1. The molecule has 1 rings (SSSR count). The van der Waals surface area contributed by atoms with E-state index in [0.29, 0.717) is 0 Å². The van der Waals surface area contributed by atoms with Crippen LogP contribution in [0, 0.1) is 5.82 Å². The Bertz CT molecular complexity index is 426. The van der Waals surface area contributed by atoms with Crippen molar-refractivity contribution in [3.8, 4) is 0 Å². The van der Waals surface area contributed by atoms with E-state index in [9.17, 15) is 18.0 Å². The molecule has 0 aromatic carbocycles. The van der Waals surface area contributed by atoms with Crippen LogP contribution in [0.5, 0.6) is 0 Å². The maximum absolute atomic E-state index is 13.5. The highest BCUT2D eigenvalue weighted by molar-refractivity contribution is 6.31. The van der Waals surface area contributed by atoms with E-state index in [1.807, 2.05) is 0 Å². The molecule has 0 saturated carbocycles. The SMILES string of the molecule is CCOC(=O)Cc1cnc(C(F)F)c(Cl)c1F. The highest BCUT2D eigenvalue weighted by Gasteiger charge is 2.21. The highest BCUT2D eigenvalue weighted by atomic mass is 35.5. The van der Waals surface area contributed by atoms with Crippen molar-refractivity contribution in [1.29, 1.82) is 0 Å². The summed E-state index contributed by atoms with van der Waals surface area (Å²) in [7, 11) is 0. The Morgan fingerprint density at radius 2 is 2.24 bits per heavy atom. The maximum atomic E-state index is 13.5. The molecule has 0 N–H and O–H groups in total. The van der Waals surface area contributed by atoms with Crippen LogP contribution in [0.3, 0.4) is 0 Å². The van der Waals surface area contributed by atoms with Crippen molar-refractivity contribution in [2.45, 2.75) is 19.8 Å². The Balaban J connectivity index is 2.96. The maximum Gasteiger partial charge on any atom is 0.310 e. The molecule has 0 aliphatic rings. The molecule has 1 heterocycles. The summed E-state index contributed by atoms with van der Waals surface area (Å²) in [5, 5.41) is -0.762. The number of nitrogens with zero attached hydrogens (tertiary/aromatic N) is 1. The Morgan fingerprint density at radius 3 is 2.76 bits per heavy atom. The topological polar surface area (TPSA) is 39.2 Å². The summed E-state index contributed by atoms with van der Waals surface area (Å²) in [6.07, 6.45) is -2.50. The average molecular weight is 268 g/mol. The largest absolute Gasteiger partial charge is 0.466 e. The van der Waals surface area contributed by atoms with Crippen molar-refractivity contribution in [3.63, 3.8) is 0 Å². The van der Waals surface area contributed by atoms with E-state index in [4.69, 9.17) is 11.6 Å². The van der Waals surface area contributed by atoms with Crippen LogP contribution < -0.4 is 0 Å². The van der Waals surface area contributed by atoms with Crippen molar-refractivity contribution >= 4 is 17.6 Å². The van der Waals surface area contributed by atoms with Gasteiger partial charge in [0.25, 0.3) is 6.43 Å². The van der Waals surface area contributed by atoms with Gasteiger partial charge in [-0.15, -0.1) is 0 Å². The molecule has 3 nitrogen and oxygen atoms in total. The Labute approximate surface area is 101 Å². The smallest absolute Gasteiger partial charge is 0.310 e. The standard InChI is InChI=1S/C10H9ClF3NO2/c1-2-17-6(16)3-5-4-15-9(10(13)14)7(11)8(5)12/h4,10H,2-3H2,1H3. The number of ether oxygens (including phenoxy) is 1. The summed E-state index contributed by atoms with van der Waals surface area (Å²) in [6.45, 7) is 1.75. The molecule has 0 fully saturated rings. The predicted octanol–water partition coefficient (Wildman–Crippen LogP) is 2.92. The average Bonchev–Trinajstić information content (AvgIpc) is 2.25. The molecule has 0 atom stereocenters. The fraction of sp³-hybridized carbons (Fsp3) is 0.400. The van der Waals surface area contributed by atoms with Crippen molar-refractivity contribution < 1.29 is 22.7 Å². The van der Waals surface area contributed by atoms with E-state index in [1.165, 1.54) is 0 Å². The first-order chi connectivity index (χ1) is 7.97. The molecule has 1 aromatic heterocycles. The zero-order chi connectivity index (χ0) is 13.0. The van der Waals surface area contributed by atoms with Gasteiger partial charge in [0.2, 0.25) is 0 Å². The van der Waals surface area contributed by atoms with Crippen molar-refractivity contribution in [1.82, 2.24) is 4.98 Å². The van der Waals surface area contributed by atoms with Crippen LogP contribution in [0.15, 0.2) is 6.20 Å². The lowest BCUT2D eigenvalue weighted by molar-refractivity contribution is -0.142. The monoisotopic (exact) mass is 267 g/mol. The number of carbonyl (C=O) groups is 1. The normalized spacial score (nSPS) is 10.7. The molecule has 0 unspecified atom stereocenters. The van der Waals surface area contributed by atoms with E-state index < -0.39 is 35.3 Å². The molecule has 7 heteroatoms. The first-order valence-electron chi connectivity index (χ1n) is 4.73. The summed E-state index contributed by atoms with van der Waals surface area (Å²) >= 11 is 5.38. The Morgan fingerprint density at radius 1 is 1.59 bits per heavy atom. The van der Waals surface area contributed by atoms with E-state index in [1.54, 1.807) is 6.92 Å². The van der Waals surface area contributed by atoms with Crippen molar-refractivity contribution in [2.75, 3.05) is 6.61 Å². The molecule has 0 aliphatic heterocycles. The van der Waals surface area contributed by atoms with Crippen LogP contribution in [-0.2, 0) is 16.0 Å². The summed E-state index contributed by atoms with van der Waals surface area (Å²) in [5.74, 6) is -1.74. The zero-order valence-electron chi connectivity index (χ0n) is 8.84. The summed E-state index contributed by atoms with van der Waals surface area (Å²) in [6, 6.07) is 0. The van der Waals surface area contributed by atoms with Gasteiger partial charge in [0.05, 0.1) is 13.0 Å². The zero-order valence-corrected chi connectivity index (χ0v) is 9.60. The fourth-order valence-electron chi connectivity index (χ4n) is 1.16. The number of alkyl halides is 2. The van der Waals surface area contributed by atoms with Crippen LogP contribution in [0.2, 0.25) is 5.02 Å². The van der Waals surface area contributed by atoms with E-state index in [2.05, 4.69) is 9.72 Å². The number of hydrogen-bond donors (Lipinski definition) is 0. The van der Waals surface area contributed by atoms with E-state index in [-0.39, 0.29) is 12.2 Å². The highest BCUT2D eigenvalue weighted by Crippen LogP contribution is 2.28. The summed E-state index contributed by atoms with van der Waals surface area (Å²) < 4.78 is 42.7. The van der Waals surface area contributed by atoms with Crippen LogP contribution in [0.25, 0.3) is 0 Å². The van der Waals surface area contributed by atoms with Crippen molar-refractivity contribution in [3.05, 3.63) is 28.3 Å². The van der Waals surface area contributed by atoms with Gasteiger partial charge in [0.15, 0.2) is 0 Å². The minimum Gasteiger partial charge on any atom is -0.466 e.